The molecule has 8 heteroatoms. The van der Waals surface area contributed by atoms with E-state index in [9.17, 15) is 4.79 Å². The first-order valence-corrected chi connectivity index (χ1v) is 10.4. The molecule has 2 fully saturated rings. The summed E-state index contributed by atoms with van der Waals surface area (Å²) in [6, 6.07) is 9.58. The molecule has 2 aromatic rings. The van der Waals surface area contributed by atoms with Gasteiger partial charge in [-0.3, -0.25) is 4.79 Å². The largest absolute Gasteiger partial charge is 0.378 e. The zero-order chi connectivity index (χ0) is 19.5. The number of hydrogen-bond acceptors (Lipinski definition) is 6. The number of amides is 1. The summed E-state index contributed by atoms with van der Waals surface area (Å²) in [5.41, 5.74) is 1.68. The van der Waals surface area contributed by atoms with Gasteiger partial charge in [0.15, 0.2) is 0 Å². The van der Waals surface area contributed by atoms with Gasteiger partial charge in [-0.05, 0) is 25.1 Å². The third-order valence-corrected chi connectivity index (χ3v) is 5.58. The van der Waals surface area contributed by atoms with Crippen molar-refractivity contribution in [3.63, 3.8) is 0 Å². The van der Waals surface area contributed by atoms with Crippen LogP contribution in [0.2, 0.25) is 0 Å². The molecule has 0 bridgehead atoms. The lowest BCUT2D eigenvalue weighted by Gasteiger charge is -2.36. The number of carbonyl (C=O) groups is 1. The second-order valence-corrected chi connectivity index (χ2v) is 7.97. The normalized spacial score (nSPS) is 17.7. The maximum atomic E-state index is 12.8. The third-order valence-electron chi connectivity index (χ3n) is 5.09. The molecule has 2 aliphatic heterocycles. The maximum Gasteiger partial charge on any atom is 0.254 e. The van der Waals surface area contributed by atoms with Gasteiger partial charge in [0.2, 0.25) is 5.95 Å². The maximum absolute atomic E-state index is 12.8. The predicted molar refractivity (Wildman–Crippen MR) is 112 cm³/mol. The second-order valence-electron chi connectivity index (χ2n) is 7.06. The summed E-state index contributed by atoms with van der Waals surface area (Å²) in [5, 5.41) is 0. The zero-order valence-corrected chi connectivity index (χ0v) is 17.6. The molecule has 0 N–H and O–H groups in total. The second kappa shape index (κ2) is 8.45. The SMILES string of the molecule is Cc1cc(N2CCN(C(=O)c3cccc(Br)c3)CC2)nc(N2CCOCC2)n1. The number of anilines is 2. The summed E-state index contributed by atoms with van der Waals surface area (Å²) in [7, 11) is 0. The van der Waals surface area contributed by atoms with Crippen molar-refractivity contribution >= 4 is 33.6 Å². The molecular weight excluding hydrogens is 422 g/mol. The number of rotatable bonds is 3. The molecule has 7 nitrogen and oxygen atoms in total. The highest BCUT2D eigenvalue weighted by Crippen LogP contribution is 2.21. The number of aryl methyl sites for hydroxylation is 1. The van der Waals surface area contributed by atoms with Gasteiger partial charge in [-0.1, -0.05) is 22.0 Å². The fourth-order valence-electron chi connectivity index (χ4n) is 3.55. The number of piperazine rings is 1. The minimum absolute atomic E-state index is 0.0776. The predicted octanol–water partition coefficient (Wildman–Crippen LogP) is 2.35. The smallest absolute Gasteiger partial charge is 0.254 e. The summed E-state index contributed by atoms with van der Waals surface area (Å²) >= 11 is 3.44. The molecule has 3 heterocycles. The Morgan fingerprint density at radius 3 is 2.46 bits per heavy atom. The van der Waals surface area contributed by atoms with Gasteiger partial charge in [0.1, 0.15) is 5.82 Å². The van der Waals surface area contributed by atoms with Crippen LogP contribution >= 0.6 is 15.9 Å². The summed E-state index contributed by atoms with van der Waals surface area (Å²) in [5.74, 6) is 1.78. The van der Waals surface area contributed by atoms with Crippen LogP contribution in [0.3, 0.4) is 0 Å². The Morgan fingerprint density at radius 1 is 1.00 bits per heavy atom. The summed E-state index contributed by atoms with van der Waals surface area (Å²) in [6.45, 7) is 7.95. The summed E-state index contributed by atoms with van der Waals surface area (Å²) < 4.78 is 6.35. The lowest BCUT2D eigenvalue weighted by atomic mass is 10.2. The number of aromatic nitrogens is 2. The van der Waals surface area contributed by atoms with E-state index in [0.29, 0.717) is 26.3 Å². The van der Waals surface area contributed by atoms with E-state index < -0.39 is 0 Å². The molecule has 1 aromatic carbocycles. The van der Waals surface area contributed by atoms with Crippen LogP contribution < -0.4 is 9.80 Å². The zero-order valence-electron chi connectivity index (χ0n) is 16.0. The third kappa shape index (κ3) is 4.28. The molecule has 4 rings (SSSR count). The lowest BCUT2D eigenvalue weighted by Crippen LogP contribution is -2.49. The van der Waals surface area contributed by atoms with Crippen LogP contribution in [0, 0.1) is 6.92 Å². The lowest BCUT2D eigenvalue weighted by molar-refractivity contribution is 0.0746. The van der Waals surface area contributed by atoms with Gasteiger partial charge >= 0.3 is 0 Å². The Bertz CT molecular complexity index is 848. The minimum Gasteiger partial charge on any atom is -0.378 e. The van der Waals surface area contributed by atoms with E-state index in [1.54, 1.807) is 0 Å². The van der Waals surface area contributed by atoms with Gasteiger partial charge in [-0.2, -0.15) is 4.98 Å². The van der Waals surface area contributed by atoms with Crippen LogP contribution in [-0.2, 0) is 4.74 Å². The van der Waals surface area contributed by atoms with Gasteiger partial charge in [0.25, 0.3) is 5.91 Å². The van der Waals surface area contributed by atoms with Gasteiger partial charge < -0.3 is 19.4 Å². The average molecular weight is 446 g/mol. The highest BCUT2D eigenvalue weighted by atomic mass is 79.9. The standard InChI is InChI=1S/C20H24BrN5O2/c1-15-13-18(23-20(22-15)26-9-11-28-12-10-26)24-5-7-25(8-6-24)19(27)16-3-2-4-17(21)14-16/h2-4,13-14H,5-12H2,1H3. The number of morpholine rings is 1. The number of ether oxygens (including phenoxy) is 1. The molecular formula is C20H24BrN5O2. The van der Waals surface area contributed by atoms with E-state index in [1.165, 1.54) is 0 Å². The van der Waals surface area contributed by atoms with Crippen molar-refractivity contribution in [2.24, 2.45) is 0 Å². The molecule has 1 aromatic heterocycles. The first kappa shape index (κ1) is 19.1. The van der Waals surface area contributed by atoms with Crippen LogP contribution in [0.15, 0.2) is 34.8 Å². The molecule has 0 aliphatic carbocycles. The van der Waals surface area contributed by atoms with Crippen LogP contribution in [-0.4, -0.2) is 73.3 Å². The Labute approximate surface area is 173 Å². The summed E-state index contributed by atoms with van der Waals surface area (Å²) in [4.78, 5) is 28.5. The van der Waals surface area contributed by atoms with E-state index in [4.69, 9.17) is 9.72 Å². The van der Waals surface area contributed by atoms with Crippen LogP contribution in [0.5, 0.6) is 0 Å². The van der Waals surface area contributed by atoms with Gasteiger partial charge in [-0.25, -0.2) is 4.98 Å². The molecule has 0 unspecified atom stereocenters. The fourth-order valence-corrected chi connectivity index (χ4v) is 3.95. The fraction of sp³-hybridized carbons (Fsp3) is 0.450. The van der Waals surface area contributed by atoms with E-state index in [-0.39, 0.29) is 5.91 Å². The Balaban J connectivity index is 1.43. The molecule has 2 aliphatic rings. The molecule has 28 heavy (non-hydrogen) atoms. The van der Waals surface area contributed by atoms with Crippen molar-refractivity contribution < 1.29 is 9.53 Å². The average Bonchev–Trinajstić information content (AvgIpc) is 2.73. The van der Waals surface area contributed by atoms with E-state index in [2.05, 4.69) is 30.7 Å². The van der Waals surface area contributed by atoms with E-state index in [1.807, 2.05) is 42.2 Å². The number of halogens is 1. The van der Waals surface area contributed by atoms with Crippen LogP contribution in [0.25, 0.3) is 0 Å². The van der Waals surface area contributed by atoms with Crippen LogP contribution in [0.1, 0.15) is 16.1 Å². The number of nitrogens with zero attached hydrogens (tertiary/aromatic N) is 5. The first-order valence-electron chi connectivity index (χ1n) is 9.58. The first-order chi connectivity index (χ1) is 13.6. The Morgan fingerprint density at radius 2 is 1.75 bits per heavy atom. The molecule has 0 atom stereocenters. The van der Waals surface area contributed by atoms with Crippen LogP contribution in [0.4, 0.5) is 11.8 Å². The van der Waals surface area contributed by atoms with Crippen molar-refractivity contribution in [1.82, 2.24) is 14.9 Å². The Kier molecular flexibility index (Phi) is 5.77. The monoisotopic (exact) mass is 445 g/mol. The highest BCUT2D eigenvalue weighted by Gasteiger charge is 2.24. The number of benzene rings is 1. The molecule has 1 amide bonds. The van der Waals surface area contributed by atoms with E-state index >= 15 is 0 Å². The number of hydrogen-bond donors (Lipinski definition) is 0. The summed E-state index contributed by atoms with van der Waals surface area (Å²) in [6.07, 6.45) is 0. The van der Waals surface area contributed by atoms with Crippen molar-refractivity contribution in [3.05, 3.63) is 46.1 Å². The van der Waals surface area contributed by atoms with Gasteiger partial charge in [0, 0.05) is 61.1 Å². The van der Waals surface area contributed by atoms with Crippen molar-refractivity contribution in [3.8, 4) is 0 Å². The molecule has 0 radical (unpaired) electrons. The van der Waals surface area contributed by atoms with Crippen molar-refractivity contribution in [2.45, 2.75) is 6.92 Å². The topological polar surface area (TPSA) is 61.8 Å². The quantitative estimate of drug-likeness (QED) is 0.722. The van der Waals surface area contributed by atoms with Crippen molar-refractivity contribution in [2.75, 3.05) is 62.3 Å². The Hall–Kier alpha value is -2.19. The minimum atomic E-state index is 0.0776. The van der Waals surface area contributed by atoms with Gasteiger partial charge in [-0.15, -0.1) is 0 Å². The molecule has 148 valence electrons. The van der Waals surface area contributed by atoms with Gasteiger partial charge in [0.05, 0.1) is 13.2 Å². The number of carbonyl (C=O) groups excluding carboxylic acids is 1. The highest BCUT2D eigenvalue weighted by molar-refractivity contribution is 9.10. The molecule has 2 saturated heterocycles. The molecule has 0 spiro atoms. The molecule has 0 saturated carbocycles. The van der Waals surface area contributed by atoms with E-state index in [0.717, 1.165) is 53.7 Å². The van der Waals surface area contributed by atoms with Crippen molar-refractivity contribution in [1.29, 1.82) is 0 Å².